The Labute approximate surface area is 121 Å². The number of hydrogen-bond acceptors (Lipinski definition) is 3. The highest BCUT2D eigenvalue weighted by molar-refractivity contribution is 9.10. The molecule has 1 saturated heterocycles. The van der Waals surface area contributed by atoms with Gasteiger partial charge in [0.1, 0.15) is 5.69 Å². The molecule has 2 N–H and O–H groups in total. The predicted molar refractivity (Wildman–Crippen MR) is 77.3 cm³/mol. The molecular weight excluding hydrogens is 310 g/mol. The lowest BCUT2D eigenvalue weighted by Gasteiger charge is -2.27. The number of likely N-dealkylation sites (N-methyl/N-ethyl adjacent to an activating group) is 1. The van der Waals surface area contributed by atoms with Gasteiger partial charge >= 0.3 is 0 Å². The minimum atomic E-state index is -0.500. The lowest BCUT2D eigenvalue weighted by molar-refractivity contribution is 0.0570. The summed E-state index contributed by atoms with van der Waals surface area (Å²) < 4.78 is 2.83. The maximum absolute atomic E-state index is 12.6. The maximum Gasteiger partial charge on any atom is 0.270 e. The lowest BCUT2D eigenvalue weighted by atomic mass is 10.2. The van der Waals surface area contributed by atoms with Gasteiger partial charge in [-0.2, -0.15) is 0 Å². The van der Waals surface area contributed by atoms with Crippen LogP contribution in [0.15, 0.2) is 16.7 Å². The van der Waals surface area contributed by atoms with E-state index in [1.807, 2.05) is 30.7 Å². The Hall–Kier alpha value is -0.850. The number of amides is 1. The number of aliphatic hydroxyl groups is 1. The van der Waals surface area contributed by atoms with E-state index in [-0.39, 0.29) is 18.0 Å². The summed E-state index contributed by atoms with van der Waals surface area (Å²) in [6.45, 7) is 5.24. The molecule has 1 aliphatic rings. The van der Waals surface area contributed by atoms with Gasteiger partial charge in [0.2, 0.25) is 0 Å². The Morgan fingerprint density at radius 1 is 1.58 bits per heavy atom. The molecule has 106 valence electrons. The van der Waals surface area contributed by atoms with E-state index >= 15 is 0 Å². The van der Waals surface area contributed by atoms with E-state index in [0.29, 0.717) is 18.8 Å². The van der Waals surface area contributed by atoms with Crippen LogP contribution in [0, 0.1) is 0 Å². The number of aliphatic hydroxyl groups excluding tert-OH is 1. The van der Waals surface area contributed by atoms with Gasteiger partial charge in [-0.25, -0.2) is 0 Å². The summed E-state index contributed by atoms with van der Waals surface area (Å²) in [5.74, 6) is -0.0628. The molecule has 0 radical (unpaired) electrons. The summed E-state index contributed by atoms with van der Waals surface area (Å²) in [4.78, 5) is 14.2. The minimum absolute atomic E-state index is 0.0628. The number of nitrogens with zero attached hydrogens (tertiary/aromatic N) is 2. The zero-order valence-electron chi connectivity index (χ0n) is 11.4. The molecule has 0 spiro atoms. The van der Waals surface area contributed by atoms with Gasteiger partial charge in [-0.15, -0.1) is 0 Å². The van der Waals surface area contributed by atoms with Crippen molar-refractivity contribution in [1.29, 1.82) is 0 Å². The van der Waals surface area contributed by atoms with Gasteiger partial charge in [-0.1, -0.05) is 0 Å². The van der Waals surface area contributed by atoms with Crippen LogP contribution >= 0.6 is 15.9 Å². The van der Waals surface area contributed by atoms with Crippen molar-refractivity contribution in [3.63, 3.8) is 0 Å². The van der Waals surface area contributed by atoms with E-state index < -0.39 is 6.10 Å². The first-order chi connectivity index (χ1) is 8.91. The van der Waals surface area contributed by atoms with Crippen LogP contribution in [0.25, 0.3) is 0 Å². The SMILES string of the molecule is CC(C)n1cc(Br)cc1C(=O)N(C)[C@H]1CNC[C@@H]1O. The number of rotatable bonds is 3. The quantitative estimate of drug-likeness (QED) is 0.877. The van der Waals surface area contributed by atoms with E-state index in [1.165, 1.54) is 0 Å². The standard InChI is InChI=1S/C13H20BrN3O2/c1-8(2)17-7-9(14)4-10(17)13(19)16(3)11-5-15-6-12(11)18/h4,7-8,11-12,15,18H,5-6H2,1-3H3/t11-,12-/m0/s1. The Bertz CT molecular complexity index is 472. The number of carbonyl (C=O) groups is 1. The van der Waals surface area contributed by atoms with Gasteiger partial charge in [0, 0.05) is 36.8 Å². The molecule has 2 rings (SSSR count). The average Bonchev–Trinajstić information content (AvgIpc) is 2.93. The molecular formula is C13H20BrN3O2. The van der Waals surface area contributed by atoms with Crippen molar-refractivity contribution in [2.75, 3.05) is 20.1 Å². The Morgan fingerprint density at radius 2 is 2.26 bits per heavy atom. The Morgan fingerprint density at radius 3 is 2.79 bits per heavy atom. The van der Waals surface area contributed by atoms with Gasteiger partial charge in [0.25, 0.3) is 5.91 Å². The highest BCUT2D eigenvalue weighted by Gasteiger charge is 2.32. The second-order valence-corrected chi connectivity index (χ2v) is 6.17. The monoisotopic (exact) mass is 329 g/mol. The smallest absolute Gasteiger partial charge is 0.270 e. The molecule has 0 unspecified atom stereocenters. The number of β-amino-alcohol motifs (C(OH)–C–C–N with tert-alkyl or cyclic N) is 1. The van der Waals surface area contributed by atoms with Crippen LogP contribution in [0.3, 0.4) is 0 Å². The van der Waals surface area contributed by atoms with Crippen LogP contribution in [0.5, 0.6) is 0 Å². The zero-order chi connectivity index (χ0) is 14.2. The summed E-state index contributed by atoms with van der Waals surface area (Å²) in [6.07, 6.45) is 1.41. The second-order valence-electron chi connectivity index (χ2n) is 5.25. The second kappa shape index (κ2) is 5.64. The normalized spacial score (nSPS) is 23.1. The molecule has 1 amide bonds. The zero-order valence-corrected chi connectivity index (χ0v) is 13.0. The van der Waals surface area contributed by atoms with E-state index in [4.69, 9.17) is 0 Å². The number of halogens is 1. The third kappa shape index (κ3) is 2.85. The fourth-order valence-corrected chi connectivity index (χ4v) is 2.86. The van der Waals surface area contributed by atoms with Crippen LogP contribution in [-0.4, -0.2) is 52.8 Å². The van der Waals surface area contributed by atoms with Crippen molar-refractivity contribution in [2.45, 2.75) is 32.0 Å². The number of nitrogens with one attached hydrogen (secondary N) is 1. The minimum Gasteiger partial charge on any atom is -0.390 e. The molecule has 2 heterocycles. The van der Waals surface area contributed by atoms with Crippen molar-refractivity contribution < 1.29 is 9.90 Å². The molecule has 19 heavy (non-hydrogen) atoms. The first kappa shape index (κ1) is 14.6. The van der Waals surface area contributed by atoms with Gasteiger partial charge in [-0.05, 0) is 35.8 Å². The third-order valence-electron chi connectivity index (χ3n) is 3.56. The van der Waals surface area contributed by atoms with Crippen molar-refractivity contribution >= 4 is 21.8 Å². The van der Waals surface area contributed by atoms with Crippen LogP contribution in [0.4, 0.5) is 0 Å². The van der Waals surface area contributed by atoms with Crippen molar-refractivity contribution in [2.24, 2.45) is 0 Å². The first-order valence-electron chi connectivity index (χ1n) is 6.45. The summed E-state index contributed by atoms with van der Waals surface area (Å²) in [7, 11) is 1.74. The molecule has 1 aromatic heterocycles. The lowest BCUT2D eigenvalue weighted by Crippen LogP contribution is -2.44. The summed E-state index contributed by atoms with van der Waals surface area (Å²) in [5.41, 5.74) is 0.642. The Kier molecular flexibility index (Phi) is 4.32. The van der Waals surface area contributed by atoms with Crippen LogP contribution in [0.2, 0.25) is 0 Å². The molecule has 0 aromatic carbocycles. The number of hydrogen-bond donors (Lipinski definition) is 2. The molecule has 2 atom stereocenters. The first-order valence-corrected chi connectivity index (χ1v) is 7.24. The van der Waals surface area contributed by atoms with Crippen LogP contribution in [-0.2, 0) is 0 Å². The van der Waals surface area contributed by atoms with E-state index in [1.54, 1.807) is 11.9 Å². The Balaban J connectivity index is 2.24. The highest BCUT2D eigenvalue weighted by Crippen LogP contribution is 2.21. The molecule has 0 saturated carbocycles. The molecule has 5 nitrogen and oxygen atoms in total. The topological polar surface area (TPSA) is 57.5 Å². The third-order valence-corrected chi connectivity index (χ3v) is 3.99. The van der Waals surface area contributed by atoms with Gasteiger partial charge < -0.3 is 19.9 Å². The van der Waals surface area contributed by atoms with Gasteiger partial charge in [0.05, 0.1) is 12.1 Å². The van der Waals surface area contributed by atoms with Gasteiger partial charge in [0.15, 0.2) is 0 Å². The summed E-state index contributed by atoms with van der Waals surface area (Å²) >= 11 is 3.41. The van der Waals surface area contributed by atoms with E-state index in [2.05, 4.69) is 21.2 Å². The highest BCUT2D eigenvalue weighted by atomic mass is 79.9. The van der Waals surface area contributed by atoms with Crippen LogP contribution < -0.4 is 5.32 Å². The van der Waals surface area contributed by atoms with Crippen LogP contribution in [0.1, 0.15) is 30.4 Å². The maximum atomic E-state index is 12.6. The van der Waals surface area contributed by atoms with Crippen molar-refractivity contribution in [3.05, 3.63) is 22.4 Å². The number of carbonyl (C=O) groups excluding carboxylic acids is 1. The molecule has 0 aliphatic carbocycles. The predicted octanol–water partition coefficient (Wildman–Crippen LogP) is 1.24. The number of aromatic nitrogens is 1. The summed E-state index contributed by atoms with van der Waals surface area (Å²) in [5, 5.41) is 13.0. The largest absolute Gasteiger partial charge is 0.390 e. The van der Waals surface area contributed by atoms with Crippen molar-refractivity contribution in [1.82, 2.24) is 14.8 Å². The van der Waals surface area contributed by atoms with E-state index in [9.17, 15) is 9.90 Å². The molecule has 1 aliphatic heterocycles. The van der Waals surface area contributed by atoms with Gasteiger partial charge in [-0.3, -0.25) is 4.79 Å². The molecule has 0 bridgehead atoms. The fourth-order valence-electron chi connectivity index (χ4n) is 2.42. The molecule has 1 aromatic rings. The molecule has 1 fully saturated rings. The fraction of sp³-hybridized carbons (Fsp3) is 0.615. The summed E-state index contributed by atoms with van der Waals surface area (Å²) in [6, 6.07) is 1.88. The average molecular weight is 330 g/mol. The van der Waals surface area contributed by atoms with Crippen molar-refractivity contribution in [3.8, 4) is 0 Å². The van der Waals surface area contributed by atoms with E-state index in [0.717, 1.165) is 4.47 Å². The molecule has 6 heteroatoms.